The quantitative estimate of drug-likeness (QED) is 0.607. The molecule has 2 aliphatic heterocycles. The minimum atomic E-state index is -0.437. The first-order valence-corrected chi connectivity index (χ1v) is 10.3. The van der Waals surface area contributed by atoms with Crippen LogP contribution in [0.1, 0.15) is 11.1 Å². The summed E-state index contributed by atoms with van der Waals surface area (Å²) in [6, 6.07) is 6.30. The van der Waals surface area contributed by atoms with Crippen LogP contribution in [-0.2, 0) is 11.3 Å². The maximum absolute atomic E-state index is 12.8. The zero-order valence-electron chi connectivity index (χ0n) is 14.9. The van der Waals surface area contributed by atoms with Crippen molar-refractivity contribution in [1.82, 2.24) is 4.90 Å². The number of hydrogen-bond acceptors (Lipinski definition) is 7. The number of carbonyl (C=O) groups excluding carboxylic acids is 2. The fraction of sp³-hybridized carbons (Fsp3) is 0.158. The molecule has 10 heteroatoms. The van der Waals surface area contributed by atoms with E-state index in [0.29, 0.717) is 32.1 Å². The number of phenolic OH excluding ortho intramolecular Hbond substituents is 1. The lowest BCUT2D eigenvalue weighted by Crippen LogP contribution is -2.27. The highest BCUT2D eigenvalue weighted by atomic mass is 79.9. The van der Waals surface area contributed by atoms with Gasteiger partial charge in [-0.3, -0.25) is 14.5 Å². The van der Waals surface area contributed by atoms with Crippen LogP contribution in [0.5, 0.6) is 23.0 Å². The average molecular weight is 499 g/mol. The number of imide groups is 1. The van der Waals surface area contributed by atoms with Crippen molar-refractivity contribution in [2.24, 2.45) is 0 Å². The Morgan fingerprint density at radius 1 is 1.28 bits per heavy atom. The van der Waals surface area contributed by atoms with Crippen LogP contribution in [0.25, 0.3) is 6.08 Å². The lowest BCUT2D eigenvalue weighted by atomic mass is 10.1. The van der Waals surface area contributed by atoms with Gasteiger partial charge in [0.1, 0.15) is 0 Å². The molecule has 2 aromatic rings. The van der Waals surface area contributed by atoms with Crippen molar-refractivity contribution < 1.29 is 28.9 Å². The first-order valence-electron chi connectivity index (χ1n) is 8.27. The average Bonchev–Trinajstić information content (AvgIpc) is 3.23. The van der Waals surface area contributed by atoms with Crippen LogP contribution >= 0.6 is 39.3 Å². The number of phenols is 1. The molecule has 0 saturated carbocycles. The standard InChI is InChI=1S/C19H13BrClNO6S/c1-26-14-2-9(11(20)5-13(14)23)4-17-18(24)22(19(25)29-17)7-10-3-15-16(6-12(10)21)28-8-27-15/h2-6,23H,7-8H2,1H3/b17-4-. The van der Waals surface area contributed by atoms with E-state index in [1.807, 2.05) is 0 Å². The first kappa shape index (κ1) is 19.9. The minimum Gasteiger partial charge on any atom is -0.504 e. The second kappa shape index (κ2) is 7.81. The van der Waals surface area contributed by atoms with E-state index in [1.165, 1.54) is 13.2 Å². The smallest absolute Gasteiger partial charge is 0.293 e. The van der Waals surface area contributed by atoms with Crippen LogP contribution in [-0.4, -0.2) is 35.1 Å². The third-order valence-electron chi connectivity index (χ3n) is 4.33. The number of benzene rings is 2. The number of hydrogen-bond donors (Lipinski definition) is 1. The number of rotatable bonds is 4. The molecule has 4 rings (SSSR count). The summed E-state index contributed by atoms with van der Waals surface area (Å²) in [5.74, 6) is 0.825. The van der Waals surface area contributed by atoms with Crippen LogP contribution in [0.4, 0.5) is 4.79 Å². The highest BCUT2D eigenvalue weighted by molar-refractivity contribution is 9.10. The Kier molecular flexibility index (Phi) is 5.37. The highest BCUT2D eigenvalue weighted by Gasteiger charge is 2.36. The number of methoxy groups -OCH3 is 1. The lowest BCUT2D eigenvalue weighted by Gasteiger charge is -2.14. The van der Waals surface area contributed by atoms with Crippen LogP contribution in [0, 0.1) is 0 Å². The van der Waals surface area contributed by atoms with Crippen molar-refractivity contribution in [3.05, 3.63) is 49.8 Å². The largest absolute Gasteiger partial charge is 0.504 e. The Balaban J connectivity index is 1.61. The molecule has 2 amide bonds. The van der Waals surface area contributed by atoms with Crippen LogP contribution in [0.3, 0.4) is 0 Å². The Morgan fingerprint density at radius 3 is 2.72 bits per heavy atom. The normalized spacial score (nSPS) is 16.8. The summed E-state index contributed by atoms with van der Waals surface area (Å²) < 4.78 is 16.3. The number of carbonyl (C=O) groups is 2. The van der Waals surface area contributed by atoms with Crippen molar-refractivity contribution in [2.45, 2.75) is 6.54 Å². The second-order valence-electron chi connectivity index (χ2n) is 6.11. The van der Waals surface area contributed by atoms with Crippen molar-refractivity contribution in [1.29, 1.82) is 0 Å². The monoisotopic (exact) mass is 497 g/mol. The van der Waals surface area contributed by atoms with Gasteiger partial charge in [0, 0.05) is 15.6 Å². The summed E-state index contributed by atoms with van der Waals surface area (Å²) in [7, 11) is 1.43. The van der Waals surface area contributed by atoms with Crippen LogP contribution in [0.2, 0.25) is 5.02 Å². The maximum atomic E-state index is 12.8. The third-order valence-corrected chi connectivity index (χ3v) is 6.27. The van der Waals surface area contributed by atoms with E-state index in [4.69, 9.17) is 25.8 Å². The molecule has 1 N–H and O–H groups in total. The third kappa shape index (κ3) is 3.77. The molecule has 0 radical (unpaired) electrons. The van der Waals surface area contributed by atoms with Crippen LogP contribution < -0.4 is 14.2 Å². The van der Waals surface area contributed by atoms with E-state index < -0.39 is 11.1 Å². The predicted molar refractivity (Wildman–Crippen MR) is 111 cm³/mol. The molecule has 0 atom stereocenters. The van der Waals surface area contributed by atoms with E-state index in [-0.39, 0.29) is 29.7 Å². The Morgan fingerprint density at radius 2 is 2.00 bits per heavy atom. The molecule has 150 valence electrons. The molecule has 2 aromatic carbocycles. The SMILES string of the molecule is COc1cc(/C=C2\SC(=O)N(Cc3cc4c(cc3Cl)OCO4)C2=O)c(Br)cc1O. The van der Waals surface area contributed by atoms with Gasteiger partial charge in [-0.15, -0.1) is 0 Å². The summed E-state index contributed by atoms with van der Waals surface area (Å²) in [4.78, 5) is 26.6. The lowest BCUT2D eigenvalue weighted by molar-refractivity contribution is -0.123. The summed E-state index contributed by atoms with van der Waals surface area (Å²) in [5.41, 5.74) is 1.17. The molecule has 29 heavy (non-hydrogen) atoms. The van der Waals surface area contributed by atoms with Gasteiger partial charge in [0.25, 0.3) is 11.1 Å². The highest BCUT2D eigenvalue weighted by Crippen LogP contribution is 2.40. The number of amides is 2. The van der Waals surface area contributed by atoms with Gasteiger partial charge in [-0.1, -0.05) is 27.5 Å². The van der Waals surface area contributed by atoms with Gasteiger partial charge in [-0.2, -0.15) is 0 Å². The van der Waals surface area contributed by atoms with Crippen LogP contribution in [0.15, 0.2) is 33.6 Å². The molecule has 2 aliphatic rings. The molecular weight excluding hydrogens is 486 g/mol. The molecule has 0 unspecified atom stereocenters. The zero-order chi connectivity index (χ0) is 20.7. The van der Waals surface area contributed by atoms with Crippen molar-refractivity contribution >= 4 is 56.5 Å². The van der Waals surface area contributed by atoms with Gasteiger partial charge in [-0.25, -0.2) is 0 Å². The number of fused-ring (bicyclic) bond motifs is 1. The van der Waals surface area contributed by atoms with Crippen molar-refractivity contribution in [3.63, 3.8) is 0 Å². The fourth-order valence-electron chi connectivity index (χ4n) is 2.86. The Labute approximate surface area is 183 Å². The summed E-state index contributed by atoms with van der Waals surface area (Å²) in [6.07, 6.45) is 1.57. The van der Waals surface area contributed by atoms with Gasteiger partial charge in [-0.05, 0) is 47.2 Å². The van der Waals surface area contributed by atoms with E-state index >= 15 is 0 Å². The molecular formula is C19H13BrClNO6S. The number of aromatic hydroxyl groups is 1. The number of ether oxygens (including phenoxy) is 3. The van der Waals surface area contributed by atoms with E-state index in [9.17, 15) is 14.7 Å². The first-order chi connectivity index (χ1) is 13.9. The zero-order valence-corrected chi connectivity index (χ0v) is 18.1. The van der Waals surface area contributed by atoms with Gasteiger partial charge in [0.15, 0.2) is 23.0 Å². The molecule has 0 aromatic heterocycles. The Hall–Kier alpha value is -2.36. The summed E-state index contributed by atoms with van der Waals surface area (Å²) in [6.45, 7) is 0.113. The van der Waals surface area contributed by atoms with E-state index in [2.05, 4.69) is 15.9 Å². The second-order valence-corrected chi connectivity index (χ2v) is 8.37. The number of thioether (sulfide) groups is 1. The van der Waals surface area contributed by atoms with E-state index in [1.54, 1.807) is 24.3 Å². The number of nitrogens with zero attached hydrogens (tertiary/aromatic N) is 1. The fourth-order valence-corrected chi connectivity index (χ4v) is 4.35. The molecule has 0 bridgehead atoms. The van der Waals surface area contributed by atoms with Crippen molar-refractivity contribution in [3.8, 4) is 23.0 Å². The predicted octanol–water partition coefficient (Wildman–Crippen LogP) is 4.78. The topological polar surface area (TPSA) is 85.3 Å². The van der Waals surface area contributed by atoms with Gasteiger partial charge >= 0.3 is 0 Å². The van der Waals surface area contributed by atoms with E-state index in [0.717, 1.165) is 16.7 Å². The number of halogens is 2. The van der Waals surface area contributed by atoms with Gasteiger partial charge < -0.3 is 19.3 Å². The Bertz CT molecular complexity index is 1070. The molecule has 1 fully saturated rings. The molecule has 0 aliphatic carbocycles. The van der Waals surface area contributed by atoms with Gasteiger partial charge in [0.05, 0.1) is 18.6 Å². The summed E-state index contributed by atoms with van der Waals surface area (Å²) >= 11 is 10.4. The van der Waals surface area contributed by atoms with Gasteiger partial charge in [0.2, 0.25) is 6.79 Å². The molecule has 7 nitrogen and oxygen atoms in total. The molecule has 1 saturated heterocycles. The molecule has 0 spiro atoms. The van der Waals surface area contributed by atoms with Crippen molar-refractivity contribution in [2.75, 3.05) is 13.9 Å². The minimum absolute atomic E-state index is 0.0115. The summed E-state index contributed by atoms with van der Waals surface area (Å²) in [5, 5.41) is 9.80. The molecule has 2 heterocycles. The maximum Gasteiger partial charge on any atom is 0.293 e.